The Balaban J connectivity index is 1.42. The van der Waals surface area contributed by atoms with Crippen molar-refractivity contribution in [3.63, 3.8) is 0 Å². The van der Waals surface area contributed by atoms with Crippen LogP contribution in [0.4, 0.5) is 5.82 Å². The summed E-state index contributed by atoms with van der Waals surface area (Å²) in [6, 6.07) is 8.92. The number of rotatable bonds is 6. The fraction of sp³-hybridized carbons (Fsp3) is 0.381. The molecule has 2 aromatic heterocycles. The third-order valence-corrected chi connectivity index (χ3v) is 5.16. The number of aryl methyl sites for hydroxylation is 1. The number of amides is 1. The average molecular weight is 381 g/mol. The second-order valence-electron chi connectivity index (χ2n) is 7.04. The summed E-state index contributed by atoms with van der Waals surface area (Å²) in [5.41, 5.74) is 0.997. The van der Waals surface area contributed by atoms with Crippen LogP contribution in [0.1, 0.15) is 44.2 Å². The highest BCUT2D eigenvalue weighted by Gasteiger charge is 2.20. The van der Waals surface area contributed by atoms with E-state index < -0.39 is 0 Å². The van der Waals surface area contributed by atoms with E-state index in [1.165, 1.54) is 18.9 Å². The maximum atomic E-state index is 12.3. The van der Waals surface area contributed by atoms with Crippen molar-refractivity contribution < 1.29 is 13.9 Å². The largest absolute Gasteiger partial charge is 0.484 e. The number of anilines is 1. The molecule has 0 saturated heterocycles. The van der Waals surface area contributed by atoms with E-state index in [2.05, 4.69) is 10.4 Å². The summed E-state index contributed by atoms with van der Waals surface area (Å²) in [7, 11) is 0. The molecule has 0 unspecified atom stereocenters. The van der Waals surface area contributed by atoms with Crippen LogP contribution in [0.5, 0.6) is 5.75 Å². The van der Waals surface area contributed by atoms with Crippen LogP contribution >= 0.6 is 0 Å². The van der Waals surface area contributed by atoms with Crippen molar-refractivity contribution in [3.8, 4) is 5.75 Å². The van der Waals surface area contributed by atoms with Gasteiger partial charge in [-0.1, -0.05) is 19.8 Å². The Hall–Kier alpha value is -3.09. The molecule has 0 atom stereocenters. The number of carbonyl (C=O) groups excluding carboxylic acids is 1. The van der Waals surface area contributed by atoms with Crippen LogP contribution in [0.2, 0.25) is 0 Å². The highest BCUT2D eigenvalue weighted by atomic mass is 16.5. The van der Waals surface area contributed by atoms with Gasteiger partial charge in [-0.25, -0.2) is 9.48 Å². The Labute approximate surface area is 162 Å². The molecule has 2 heterocycles. The lowest BCUT2D eigenvalue weighted by molar-refractivity contribution is -0.118. The molecule has 3 aromatic rings. The number of nitrogens with one attached hydrogen (secondary N) is 1. The highest BCUT2D eigenvalue weighted by Crippen LogP contribution is 2.31. The molecule has 0 bridgehead atoms. The zero-order valence-electron chi connectivity index (χ0n) is 15.8. The summed E-state index contributed by atoms with van der Waals surface area (Å²) in [4.78, 5) is 24.0. The van der Waals surface area contributed by atoms with Crippen molar-refractivity contribution in [1.29, 1.82) is 0 Å². The Bertz CT molecular complexity index is 1050. The van der Waals surface area contributed by atoms with E-state index in [1.54, 1.807) is 24.4 Å². The minimum Gasteiger partial charge on any atom is -0.484 e. The predicted octanol–water partition coefficient (Wildman–Crippen LogP) is 3.68. The summed E-state index contributed by atoms with van der Waals surface area (Å²) in [5.74, 6) is 0.907. The number of fused-ring (bicyclic) bond motifs is 1. The number of benzene rings is 1. The zero-order valence-corrected chi connectivity index (χ0v) is 15.8. The number of aromatic nitrogens is 2. The smallest absolute Gasteiger partial charge is 0.336 e. The summed E-state index contributed by atoms with van der Waals surface area (Å²) >= 11 is 0. The molecule has 0 radical (unpaired) electrons. The van der Waals surface area contributed by atoms with Gasteiger partial charge in [-0.15, -0.1) is 0 Å². The van der Waals surface area contributed by atoms with Crippen LogP contribution in [0.15, 0.2) is 45.7 Å². The molecular formula is C21H23N3O4. The summed E-state index contributed by atoms with van der Waals surface area (Å²) < 4.78 is 12.8. The molecule has 1 saturated carbocycles. The maximum Gasteiger partial charge on any atom is 0.336 e. The zero-order chi connectivity index (χ0) is 19.5. The Morgan fingerprint density at radius 3 is 2.89 bits per heavy atom. The molecule has 7 nitrogen and oxygen atoms in total. The molecule has 4 rings (SSSR count). The van der Waals surface area contributed by atoms with Crippen molar-refractivity contribution in [2.45, 2.75) is 45.1 Å². The van der Waals surface area contributed by atoms with Gasteiger partial charge in [0.1, 0.15) is 17.2 Å². The Morgan fingerprint density at radius 2 is 2.11 bits per heavy atom. The molecule has 1 N–H and O–H groups in total. The third-order valence-electron chi connectivity index (χ3n) is 5.16. The van der Waals surface area contributed by atoms with E-state index in [1.807, 2.05) is 17.7 Å². The molecule has 1 aromatic carbocycles. The van der Waals surface area contributed by atoms with Crippen LogP contribution in [0.3, 0.4) is 0 Å². The minimum absolute atomic E-state index is 0.140. The molecule has 28 heavy (non-hydrogen) atoms. The van der Waals surface area contributed by atoms with Gasteiger partial charge in [0, 0.05) is 23.6 Å². The van der Waals surface area contributed by atoms with Crippen molar-refractivity contribution in [2.75, 3.05) is 11.9 Å². The molecule has 146 valence electrons. The molecule has 1 aliphatic rings. The van der Waals surface area contributed by atoms with E-state index in [-0.39, 0.29) is 18.1 Å². The Kier molecular flexibility index (Phi) is 5.14. The van der Waals surface area contributed by atoms with Crippen molar-refractivity contribution in [1.82, 2.24) is 9.78 Å². The summed E-state index contributed by atoms with van der Waals surface area (Å²) in [5, 5.41) is 8.09. The van der Waals surface area contributed by atoms with Gasteiger partial charge in [0.25, 0.3) is 5.91 Å². The first-order valence-corrected chi connectivity index (χ1v) is 9.67. The quantitative estimate of drug-likeness (QED) is 0.658. The number of hydrogen-bond acceptors (Lipinski definition) is 5. The predicted molar refractivity (Wildman–Crippen MR) is 106 cm³/mol. The fourth-order valence-corrected chi connectivity index (χ4v) is 3.77. The molecular weight excluding hydrogens is 358 g/mol. The number of hydrogen-bond donors (Lipinski definition) is 1. The van der Waals surface area contributed by atoms with Gasteiger partial charge in [0.2, 0.25) is 0 Å². The monoisotopic (exact) mass is 381 g/mol. The first-order valence-electron chi connectivity index (χ1n) is 9.67. The maximum absolute atomic E-state index is 12.3. The number of nitrogens with zero attached hydrogens (tertiary/aromatic N) is 2. The summed E-state index contributed by atoms with van der Waals surface area (Å²) in [6.07, 6.45) is 6.99. The molecule has 7 heteroatoms. The molecule has 1 aliphatic carbocycles. The molecule has 0 aliphatic heterocycles. The third kappa shape index (κ3) is 3.78. The Morgan fingerprint density at radius 1 is 1.29 bits per heavy atom. The van der Waals surface area contributed by atoms with E-state index in [4.69, 9.17) is 9.15 Å². The second-order valence-corrected chi connectivity index (χ2v) is 7.04. The van der Waals surface area contributed by atoms with E-state index in [0.29, 0.717) is 23.2 Å². The first kappa shape index (κ1) is 18.3. The molecule has 1 amide bonds. The van der Waals surface area contributed by atoms with Crippen molar-refractivity contribution >= 4 is 22.7 Å². The van der Waals surface area contributed by atoms with Gasteiger partial charge < -0.3 is 14.5 Å². The summed E-state index contributed by atoms with van der Waals surface area (Å²) in [6.45, 7) is 1.85. The van der Waals surface area contributed by atoms with E-state index in [0.717, 1.165) is 30.2 Å². The minimum atomic E-state index is -0.389. The topological polar surface area (TPSA) is 86.4 Å². The van der Waals surface area contributed by atoms with Gasteiger partial charge in [-0.3, -0.25) is 4.79 Å². The normalized spacial score (nSPS) is 14.5. The lowest BCUT2D eigenvalue weighted by Crippen LogP contribution is -2.23. The van der Waals surface area contributed by atoms with Gasteiger partial charge in [0.05, 0.1) is 12.2 Å². The van der Waals surface area contributed by atoms with Crippen LogP contribution in [-0.2, 0) is 11.2 Å². The standard InChI is InChI=1S/C21H23N3O4/c1-2-14-11-21(26)28-18-12-16(7-8-17(14)18)27-13-20(25)23-19-9-10-22-24(19)15-5-3-4-6-15/h7-12,15H,2-6,13H2,1H3,(H,23,25). The second kappa shape index (κ2) is 7.88. The van der Waals surface area contributed by atoms with Gasteiger partial charge in [-0.05, 0) is 37.0 Å². The van der Waals surface area contributed by atoms with E-state index >= 15 is 0 Å². The van der Waals surface area contributed by atoms with E-state index in [9.17, 15) is 9.59 Å². The van der Waals surface area contributed by atoms with Crippen molar-refractivity contribution in [3.05, 3.63) is 52.5 Å². The van der Waals surface area contributed by atoms with Crippen LogP contribution in [-0.4, -0.2) is 22.3 Å². The number of ether oxygens (including phenoxy) is 1. The lowest BCUT2D eigenvalue weighted by Gasteiger charge is -2.15. The first-order chi connectivity index (χ1) is 13.6. The van der Waals surface area contributed by atoms with Crippen LogP contribution in [0, 0.1) is 0 Å². The highest BCUT2D eigenvalue weighted by molar-refractivity contribution is 5.91. The van der Waals surface area contributed by atoms with Crippen LogP contribution < -0.4 is 15.7 Å². The van der Waals surface area contributed by atoms with Gasteiger partial charge in [0.15, 0.2) is 6.61 Å². The van der Waals surface area contributed by atoms with Gasteiger partial charge in [-0.2, -0.15) is 5.10 Å². The molecule has 1 fully saturated rings. The van der Waals surface area contributed by atoms with Crippen LogP contribution in [0.25, 0.3) is 11.0 Å². The van der Waals surface area contributed by atoms with Gasteiger partial charge >= 0.3 is 5.63 Å². The lowest BCUT2D eigenvalue weighted by atomic mass is 10.1. The number of carbonyl (C=O) groups is 1. The van der Waals surface area contributed by atoms with Crippen molar-refractivity contribution in [2.24, 2.45) is 0 Å². The fourth-order valence-electron chi connectivity index (χ4n) is 3.77. The average Bonchev–Trinajstić information content (AvgIpc) is 3.36. The molecule has 0 spiro atoms. The SMILES string of the molecule is CCc1cc(=O)oc2cc(OCC(=O)Nc3ccnn3C3CCCC3)ccc12.